The van der Waals surface area contributed by atoms with Gasteiger partial charge in [0, 0.05) is 50.9 Å². The van der Waals surface area contributed by atoms with Crippen LogP contribution in [0.2, 0.25) is 0 Å². The number of methoxy groups -OCH3 is 1. The first-order valence-corrected chi connectivity index (χ1v) is 9.08. The van der Waals surface area contributed by atoms with Crippen LogP contribution in [0, 0.1) is 0 Å². The molecule has 1 aliphatic heterocycles. The maximum Gasteiger partial charge on any atom is 0.253 e. The second-order valence-electron chi connectivity index (χ2n) is 6.58. The minimum atomic E-state index is -0.0649. The molecule has 2 aromatic carbocycles. The van der Waals surface area contributed by atoms with Gasteiger partial charge in [0.1, 0.15) is 5.75 Å². The van der Waals surface area contributed by atoms with E-state index in [9.17, 15) is 9.59 Å². The summed E-state index contributed by atoms with van der Waals surface area (Å²) in [6, 6.07) is 15.4. The first-order valence-electron chi connectivity index (χ1n) is 9.08. The largest absolute Gasteiger partial charge is 0.497 e. The number of benzene rings is 2. The lowest BCUT2D eigenvalue weighted by molar-refractivity contribution is -0.119. The molecular formula is C21H25N3O3. The van der Waals surface area contributed by atoms with Crippen LogP contribution in [-0.4, -0.2) is 50.0 Å². The molecule has 0 aromatic heterocycles. The summed E-state index contributed by atoms with van der Waals surface area (Å²) in [5.41, 5.74) is 2.80. The molecule has 2 amide bonds. The quantitative estimate of drug-likeness (QED) is 0.881. The van der Waals surface area contributed by atoms with Crippen molar-refractivity contribution in [2.45, 2.75) is 13.5 Å². The molecule has 1 fully saturated rings. The Hall–Kier alpha value is -3.02. The van der Waals surface area contributed by atoms with Gasteiger partial charge in [0.2, 0.25) is 5.91 Å². The summed E-state index contributed by atoms with van der Waals surface area (Å²) in [6.07, 6.45) is 0. The summed E-state index contributed by atoms with van der Waals surface area (Å²) < 4.78 is 5.20. The normalized spacial score (nSPS) is 14.0. The van der Waals surface area contributed by atoms with Crippen LogP contribution in [0.15, 0.2) is 48.5 Å². The Kier molecular flexibility index (Phi) is 5.96. The molecule has 6 heteroatoms. The molecule has 0 bridgehead atoms. The van der Waals surface area contributed by atoms with Gasteiger partial charge in [-0.25, -0.2) is 0 Å². The number of amides is 2. The fourth-order valence-electron chi connectivity index (χ4n) is 3.14. The fraction of sp³-hybridized carbons (Fsp3) is 0.333. The maximum absolute atomic E-state index is 12.7. The molecule has 1 aliphatic rings. The molecule has 1 N–H and O–H groups in total. The van der Waals surface area contributed by atoms with Crippen LogP contribution < -0.4 is 15.0 Å². The van der Waals surface area contributed by atoms with Crippen molar-refractivity contribution in [3.05, 3.63) is 59.7 Å². The molecule has 0 spiro atoms. The van der Waals surface area contributed by atoms with Crippen molar-refractivity contribution in [2.24, 2.45) is 0 Å². The van der Waals surface area contributed by atoms with Crippen LogP contribution in [0.4, 0.5) is 5.69 Å². The summed E-state index contributed by atoms with van der Waals surface area (Å²) in [5, 5.41) is 2.75. The number of hydrogen-bond donors (Lipinski definition) is 1. The summed E-state index contributed by atoms with van der Waals surface area (Å²) in [4.78, 5) is 27.9. The highest BCUT2D eigenvalue weighted by Crippen LogP contribution is 2.21. The van der Waals surface area contributed by atoms with Crippen molar-refractivity contribution < 1.29 is 14.3 Å². The van der Waals surface area contributed by atoms with Crippen LogP contribution in [0.5, 0.6) is 5.75 Å². The van der Waals surface area contributed by atoms with Gasteiger partial charge in [-0.3, -0.25) is 9.59 Å². The van der Waals surface area contributed by atoms with E-state index in [0.29, 0.717) is 25.2 Å². The Morgan fingerprint density at radius 3 is 2.15 bits per heavy atom. The predicted octanol–water partition coefficient (Wildman–Crippen LogP) is 2.29. The number of rotatable bonds is 5. The van der Waals surface area contributed by atoms with E-state index < -0.39 is 0 Å². The highest BCUT2D eigenvalue weighted by atomic mass is 16.5. The monoisotopic (exact) mass is 367 g/mol. The third kappa shape index (κ3) is 4.78. The molecule has 6 nitrogen and oxygen atoms in total. The van der Waals surface area contributed by atoms with Crippen LogP contribution in [0.1, 0.15) is 22.8 Å². The molecule has 2 aromatic rings. The van der Waals surface area contributed by atoms with Gasteiger partial charge in [0.05, 0.1) is 7.11 Å². The predicted molar refractivity (Wildman–Crippen MR) is 105 cm³/mol. The van der Waals surface area contributed by atoms with Crippen molar-refractivity contribution >= 4 is 17.5 Å². The minimum absolute atomic E-state index is 0.0514. The molecule has 0 saturated carbocycles. The molecule has 0 unspecified atom stereocenters. The first kappa shape index (κ1) is 18.8. The van der Waals surface area contributed by atoms with E-state index in [-0.39, 0.29) is 11.8 Å². The lowest BCUT2D eigenvalue weighted by atomic mass is 10.1. The van der Waals surface area contributed by atoms with E-state index in [4.69, 9.17) is 4.74 Å². The number of piperazine rings is 1. The van der Waals surface area contributed by atoms with E-state index in [1.54, 1.807) is 7.11 Å². The lowest BCUT2D eigenvalue weighted by Crippen LogP contribution is -2.48. The Balaban J connectivity index is 1.55. The molecule has 1 saturated heterocycles. The zero-order valence-electron chi connectivity index (χ0n) is 15.8. The van der Waals surface area contributed by atoms with Gasteiger partial charge in [-0.05, 0) is 42.0 Å². The SMILES string of the molecule is COc1ccc(N2CCN(C(=O)c3ccc(CNC(C)=O)cc3)CC2)cc1. The van der Waals surface area contributed by atoms with Gasteiger partial charge in [-0.2, -0.15) is 0 Å². The molecule has 27 heavy (non-hydrogen) atoms. The molecule has 142 valence electrons. The van der Waals surface area contributed by atoms with E-state index in [2.05, 4.69) is 10.2 Å². The number of nitrogens with one attached hydrogen (secondary N) is 1. The van der Waals surface area contributed by atoms with Gasteiger partial charge in [0.25, 0.3) is 5.91 Å². The standard InChI is InChI=1S/C21H25N3O3/c1-16(25)22-15-17-3-5-18(6-4-17)21(26)24-13-11-23(12-14-24)19-7-9-20(27-2)10-8-19/h3-10H,11-15H2,1-2H3,(H,22,25). The van der Waals surface area contributed by atoms with Crippen molar-refractivity contribution in [3.8, 4) is 5.75 Å². The second kappa shape index (κ2) is 8.58. The third-order valence-corrected chi connectivity index (χ3v) is 4.75. The van der Waals surface area contributed by atoms with Crippen LogP contribution in [-0.2, 0) is 11.3 Å². The van der Waals surface area contributed by atoms with Crippen LogP contribution in [0.3, 0.4) is 0 Å². The molecule has 1 heterocycles. The number of nitrogens with zero attached hydrogens (tertiary/aromatic N) is 2. The van der Waals surface area contributed by atoms with Crippen molar-refractivity contribution in [2.75, 3.05) is 38.2 Å². The molecule has 0 atom stereocenters. The second-order valence-corrected chi connectivity index (χ2v) is 6.58. The van der Waals surface area contributed by atoms with E-state index in [1.165, 1.54) is 6.92 Å². The Labute approximate surface area is 159 Å². The van der Waals surface area contributed by atoms with Gasteiger partial charge < -0.3 is 19.9 Å². The topological polar surface area (TPSA) is 61.9 Å². The summed E-state index contributed by atoms with van der Waals surface area (Å²) in [7, 11) is 1.66. The highest BCUT2D eigenvalue weighted by molar-refractivity contribution is 5.94. The van der Waals surface area contributed by atoms with Gasteiger partial charge >= 0.3 is 0 Å². The molecule has 0 aliphatic carbocycles. The van der Waals surface area contributed by atoms with E-state index >= 15 is 0 Å². The smallest absolute Gasteiger partial charge is 0.253 e. The number of carbonyl (C=O) groups excluding carboxylic acids is 2. The fourth-order valence-corrected chi connectivity index (χ4v) is 3.14. The van der Waals surface area contributed by atoms with Gasteiger partial charge in [-0.15, -0.1) is 0 Å². The zero-order valence-corrected chi connectivity index (χ0v) is 15.8. The van der Waals surface area contributed by atoms with Gasteiger partial charge in [-0.1, -0.05) is 12.1 Å². The number of hydrogen-bond acceptors (Lipinski definition) is 4. The Bertz CT molecular complexity index is 779. The third-order valence-electron chi connectivity index (χ3n) is 4.75. The minimum Gasteiger partial charge on any atom is -0.497 e. The number of anilines is 1. The van der Waals surface area contributed by atoms with Crippen LogP contribution >= 0.6 is 0 Å². The first-order chi connectivity index (χ1) is 13.1. The highest BCUT2D eigenvalue weighted by Gasteiger charge is 2.22. The number of carbonyl (C=O) groups is 2. The van der Waals surface area contributed by atoms with E-state index in [1.807, 2.05) is 53.4 Å². The van der Waals surface area contributed by atoms with Crippen molar-refractivity contribution in [3.63, 3.8) is 0 Å². The van der Waals surface area contributed by atoms with Crippen LogP contribution in [0.25, 0.3) is 0 Å². The molecule has 3 rings (SSSR count). The average molecular weight is 367 g/mol. The van der Waals surface area contributed by atoms with Crippen molar-refractivity contribution in [1.29, 1.82) is 0 Å². The van der Waals surface area contributed by atoms with Crippen molar-refractivity contribution in [1.82, 2.24) is 10.2 Å². The summed E-state index contributed by atoms with van der Waals surface area (Å²) in [6.45, 7) is 4.96. The zero-order chi connectivity index (χ0) is 19.2. The maximum atomic E-state index is 12.7. The Morgan fingerprint density at radius 2 is 1.59 bits per heavy atom. The van der Waals surface area contributed by atoms with E-state index in [0.717, 1.165) is 30.1 Å². The average Bonchev–Trinajstić information content (AvgIpc) is 2.72. The summed E-state index contributed by atoms with van der Waals surface area (Å²) >= 11 is 0. The Morgan fingerprint density at radius 1 is 0.963 bits per heavy atom. The van der Waals surface area contributed by atoms with Gasteiger partial charge in [0.15, 0.2) is 0 Å². The molecular weight excluding hydrogens is 342 g/mol. The number of ether oxygens (including phenoxy) is 1. The molecule has 0 radical (unpaired) electrons. The summed E-state index contributed by atoms with van der Waals surface area (Å²) in [5.74, 6) is 0.829. The lowest BCUT2D eigenvalue weighted by Gasteiger charge is -2.36.